The Kier molecular flexibility index (Phi) is 4.63. The van der Waals surface area contributed by atoms with Crippen molar-refractivity contribution in [1.82, 2.24) is 0 Å². The molecule has 0 aromatic heterocycles. The van der Waals surface area contributed by atoms with Crippen LogP contribution >= 0.6 is 0 Å². The summed E-state index contributed by atoms with van der Waals surface area (Å²) in [5.74, 6) is 0.680. The Balaban J connectivity index is 1.83. The third-order valence-electron chi connectivity index (χ3n) is 3.63. The van der Waals surface area contributed by atoms with Gasteiger partial charge < -0.3 is 20.3 Å². The van der Waals surface area contributed by atoms with Crippen molar-refractivity contribution in [2.75, 3.05) is 44.7 Å². The number of nitrogens with one attached hydrogen (secondary N) is 1. The first-order chi connectivity index (χ1) is 9.19. The Morgan fingerprint density at radius 3 is 2.47 bits per heavy atom. The van der Waals surface area contributed by atoms with Crippen molar-refractivity contribution in [2.45, 2.75) is 6.42 Å². The van der Waals surface area contributed by atoms with Gasteiger partial charge in [0.05, 0.1) is 46.3 Å². The molecule has 5 heteroatoms. The van der Waals surface area contributed by atoms with Crippen molar-refractivity contribution in [3.05, 3.63) is 24.3 Å². The maximum atomic E-state index is 10.8. The third-order valence-corrected chi connectivity index (χ3v) is 3.63. The highest BCUT2D eigenvalue weighted by molar-refractivity contribution is 5.73. The molecule has 1 aromatic rings. The van der Waals surface area contributed by atoms with E-state index in [0.717, 1.165) is 38.5 Å². The van der Waals surface area contributed by atoms with Gasteiger partial charge in [-0.2, -0.15) is 0 Å². The van der Waals surface area contributed by atoms with E-state index < -0.39 is 0 Å². The standard InChI is InChI=1S/C14H21N3O2/c1-19-13-4-2-12(3-5-13)17-10-8-16(9-11-17)7-6-14(15)18/h2-5H,6-11H2,1H3,(H2,15,18)/p+1. The maximum absolute atomic E-state index is 10.8. The molecule has 1 aromatic carbocycles. The molecule has 0 atom stereocenters. The van der Waals surface area contributed by atoms with Gasteiger partial charge in [0.1, 0.15) is 5.75 Å². The average molecular weight is 264 g/mol. The lowest BCUT2D eigenvalue weighted by molar-refractivity contribution is -0.900. The van der Waals surface area contributed by atoms with Gasteiger partial charge in [0.25, 0.3) is 0 Å². The molecule has 1 aliphatic rings. The second-order valence-electron chi connectivity index (χ2n) is 4.90. The smallest absolute Gasteiger partial charge is 0.223 e. The molecule has 0 spiro atoms. The van der Waals surface area contributed by atoms with Crippen LogP contribution in [-0.2, 0) is 4.79 Å². The van der Waals surface area contributed by atoms with Crippen LogP contribution in [0.25, 0.3) is 0 Å². The van der Waals surface area contributed by atoms with E-state index in [0.29, 0.717) is 6.42 Å². The normalized spacial score (nSPS) is 16.4. The summed E-state index contributed by atoms with van der Waals surface area (Å²) in [6, 6.07) is 8.16. The van der Waals surface area contributed by atoms with Gasteiger partial charge >= 0.3 is 0 Å². The number of carbonyl (C=O) groups excluding carboxylic acids is 1. The quantitative estimate of drug-likeness (QED) is 0.737. The minimum atomic E-state index is -0.204. The number of amides is 1. The summed E-state index contributed by atoms with van der Waals surface area (Å²) in [5.41, 5.74) is 6.41. The summed E-state index contributed by atoms with van der Waals surface area (Å²) in [6.07, 6.45) is 0.484. The lowest BCUT2D eigenvalue weighted by atomic mass is 10.2. The molecule has 1 fully saturated rings. The van der Waals surface area contributed by atoms with Gasteiger partial charge in [-0.05, 0) is 24.3 Å². The molecule has 0 radical (unpaired) electrons. The zero-order valence-electron chi connectivity index (χ0n) is 11.4. The van der Waals surface area contributed by atoms with Gasteiger partial charge in [-0.3, -0.25) is 4.79 Å². The van der Waals surface area contributed by atoms with E-state index in [4.69, 9.17) is 10.5 Å². The van der Waals surface area contributed by atoms with Gasteiger partial charge in [-0.25, -0.2) is 0 Å². The number of hydrogen-bond acceptors (Lipinski definition) is 3. The molecule has 0 bridgehead atoms. The lowest BCUT2D eigenvalue weighted by Gasteiger charge is -2.33. The molecular formula is C14H22N3O2+. The number of nitrogens with two attached hydrogens (primary N) is 1. The largest absolute Gasteiger partial charge is 0.497 e. The van der Waals surface area contributed by atoms with Crippen LogP contribution in [-0.4, -0.2) is 45.7 Å². The van der Waals surface area contributed by atoms with Crippen molar-refractivity contribution < 1.29 is 14.4 Å². The summed E-state index contributed by atoms with van der Waals surface area (Å²) >= 11 is 0. The fourth-order valence-corrected chi connectivity index (χ4v) is 2.42. The van der Waals surface area contributed by atoms with Gasteiger partial charge in [0, 0.05) is 5.69 Å². The number of quaternary nitrogens is 1. The van der Waals surface area contributed by atoms with Gasteiger partial charge in [-0.1, -0.05) is 0 Å². The molecule has 1 heterocycles. The number of primary amides is 1. The zero-order chi connectivity index (χ0) is 13.7. The molecule has 104 valence electrons. The van der Waals surface area contributed by atoms with E-state index >= 15 is 0 Å². The van der Waals surface area contributed by atoms with Crippen LogP contribution < -0.4 is 20.3 Å². The van der Waals surface area contributed by atoms with E-state index in [1.807, 2.05) is 12.1 Å². The van der Waals surface area contributed by atoms with Gasteiger partial charge in [-0.15, -0.1) is 0 Å². The number of methoxy groups -OCH3 is 1. The van der Waals surface area contributed by atoms with Crippen molar-refractivity contribution in [3.63, 3.8) is 0 Å². The van der Waals surface area contributed by atoms with Crippen LogP contribution in [0.3, 0.4) is 0 Å². The van der Waals surface area contributed by atoms with Crippen LogP contribution in [0, 0.1) is 0 Å². The summed E-state index contributed by atoms with van der Waals surface area (Å²) in [5, 5.41) is 0. The Morgan fingerprint density at radius 1 is 1.32 bits per heavy atom. The van der Waals surface area contributed by atoms with Crippen LogP contribution in [0.15, 0.2) is 24.3 Å². The highest BCUT2D eigenvalue weighted by Crippen LogP contribution is 2.18. The number of nitrogens with zero attached hydrogens (tertiary/aromatic N) is 1. The lowest BCUT2D eigenvalue weighted by Crippen LogP contribution is -3.15. The second-order valence-corrected chi connectivity index (χ2v) is 4.90. The first-order valence-electron chi connectivity index (χ1n) is 6.70. The van der Waals surface area contributed by atoms with Gasteiger partial charge in [0.2, 0.25) is 5.91 Å². The summed E-state index contributed by atoms with van der Waals surface area (Å²) in [6.45, 7) is 4.99. The van der Waals surface area contributed by atoms with E-state index in [9.17, 15) is 4.79 Å². The topological polar surface area (TPSA) is 60.0 Å². The minimum Gasteiger partial charge on any atom is -0.497 e. The zero-order valence-corrected chi connectivity index (χ0v) is 11.4. The molecular weight excluding hydrogens is 242 g/mol. The van der Waals surface area contributed by atoms with E-state index in [-0.39, 0.29) is 5.91 Å². The second kappa shape index (κ2) is 6.43. The third kappa shape index (κ3) is 3.86. The van der Waals surface area contributed by atoms with Crippen LogP contribution in [0.5, 0.6) is 5.75 Å². The predicted molar refractivity (Wildman–Crippen MR) is 74.6 cm³/mol. The van der Waals surface area contributed by atoms with Crippen LogP contribution in [0.2, 0.25) is 0 Å². The maximum Gasteiger partial charge on any atom is 0.223 e. The molecule has 3 N–H and O–H groups in total. The number of piperazine rings is 1. The highest BCUT2D eigenvalue weighted by atomic mass is 16.5. The number of carbonyl (C=O) groups is 1. The average Bonchev–Trinajstić information content (AvgIpc) is 2.46. The minimum absolute atomic E-state index is 0.204. The Morgan fingerprint density at radius 2 is 1.95 bits per heavy atom. The van der Waals surface area contributed by atoms with Crippen LogP contribution in [0.1, 0.15) is 6.42 Å². The molecule has 0 aliphatic carbocycles. The van der Waals surface area contributed by atoms with Gasteiger partial charge in [0.15, 0.2) is 0 Å². The number of ether oxygens (including phenoxy) is 1. The number of hydrogen-bond donors (Lipinski definition) is 2. The monoisotopic (exact) mass is 264 g/mol. The molecule has 19 heavy (non-hydrogen) atoms. The Hall–Kier alpha value is -1.75. The molecule has 0 unspecified atom stereocenters. The van der Waals surface area contributed by atoms with E-state index in [1.165, 1.54) is 10.6 Å². The summed E-state index contributed by atoms with van der Waals surface area (Å²) < 4.78 is 5.16. The Labute approximate surface area is 113 Å². The fourth-order valence-electron chi connectivity index (χ4n) is 2.42. The van der Waals surface area contributed by atoms with Crippen molar-refractivity contribution in [1.29, 1.82) is 0 Å². The predicted octanol–water partition coefficient (Wildman–Crippen LogP) is -0.724. The number of benzene rings is 1. The number of anilines is 1. The van der Waals surface area contributed by atoms with E-state index in [2.05, 4.69) is 17.0 Å². The Bertz CT molecular complexity index is 411. The summed E-state index contributed by atoms with van der Waals surface area (Å²) in [4.78, 5) is 14.6. The van der Waals surface area contributed by atoms with Crippen molar-refractivity contribution >= 4 is 11.6 Å². The first kappa shape index (κ1) is 13.7. The molecule has 1 aliphatic heterocycles. The van der Waals surface area contributed by atoms with Crippen molar-refractivity contribution in [3.8, 4) is 5.75 Å². The summed E-state index contributed by atoms with van der Waals surface area (Å²) in [7, 11) is 1.68. The SMILES string of the molecule is COc1ccc(N2CC[NH+](CCC(N)=O)CC2)cc1. The molecule has 5 nitrogen and oxygen atoms in total. The van der Waals surface area contributed by atoms with Crippen molar-refractivity contribution in [2.24, 2.45) is 5.73 Å². The van der Waals surface area contributed by atoms with Crippen LogP contribution in [0.4, 0.5) is 5.69 Å². The van der Waals surface area contributed by atoms with E-state index in [1.54, 1.807) is 7.11 Å². The molecule has 0 saturated carbocycles. The fraction of sp³-hybridized carbons (Fsp3) is 0.500. The molecule has 2 rings (SSSR count). The highest BCUT2D eigenvalue weighted by Gasteiger charge is 2.20. The molecule has 1 saturated heterocycles. The first-order valence-corrected chi connectivity index (χ1v) is 6.70. The molecule has 1 amide bonds. The number of rotatable bonds is 5.